The van der Waals surface area contributed by atoms with Crippen LogP contribution in [0, 0.1) is 5.41 Å². The minimum atomic E-state index is -0.0465. The summed E-state index contributed by atoms with van der Waals surface area (Å²) in [7, 11) is 5.83. The maximum absolute atomic E-state index is 12.4. The van der Waals surface area contributed by atoms with Crippen molar-refractivity contribution in [2.75, 3.05) is 38.6 Å². The zero-order valence-electron chi connectivity index (χ0n) is 14.6. The van der Waals surface area contributed by atoms with Crippen LogP contribution in [0.25, 0.3) is 0 Å². The number of urea groups is 1. The van der Waals surface area contributed by atoms with E-state index in [2.05, 4.69) is 15.6 Å². The summed E-state index contributed by atoms with van der Waals surface area (Å²) in [5, 5.41) is 5.89. The molecule has 3 rings (SSSR count). The number of likely N-dealkylation sites (tertiary alicyclic amines) is 1. The molecule has 1 spiro atoms. The first kappa shape index (κ1) is 16.6. The molecule has 2 aliphatic heterocycles. The van der Waals surface area contributed by atoms with Crippen molar-refractivity contribution in [1.29, 1.82) is 0 Å². The molecular formula is C16H26N6O2. The predicted molar refractivity (Wildman–Crippen MR) is 90.6 cm³/mol. The number of amides is 3. The highest BCUT2D eigenvalue weighted by Crippen LogP contribution is 2.37. The number of hydrogen-bond donors (Lipinski definition) is 2. The Bertz CT molecular complexity index is 631. The summed E-state index contributed by atoms with van der Waals surface area (Å²) >= 11 is 0. The maximum atomic E-state index is 12.4. The van der Waals surface area contributed by atoms with Crippen molar-refractivity contribution in [1.82, 2.24) is 25.1 Å². The molecule has 0 aliphatic carbocycles. The van der Waals surface area contributed by atoms with E-state index in [4.69, 9.17) is 0 Å². The summed E-state index contributed by atoms with van der Waals surface area (Å²) in [5.41, 5.74) is 1.03. The Morgan fingerprint density at radius 3 is 2.67 bits per heavy atom. The summed E-state index contributed by atoms with van der Waals surface area (Å²) < 4.78 is 1.97. The van der Waals surface area contributed by atoms with E-state index in [-0.39, 0.29) is 17.4 Å². The third-order valence-electron chi connectivity index (χ3n) is 5.19. The van der Waals surface area contributed by atoms with E-state index in [9.17, 15) is 9.59 Å². The van der Waals surface area contributed by atoms with Crippen molar-refractivity contribution in [2.24, 2.45) is 12.5 Å². The van der Waals surface area contributed by atoms with Gasteiger partial charge in [0.15, 0.2) is 0 Å². The molecule has 2 aliphatic rings. The molecule has 2 N–H and O–H groups in total. The summed E-state index contributed by atoms with van der Waals surface area (Å²) in [5.74, 6) is 0.998. The number of carbonyl (C=O) groups excluding carboxylic acids is 2. The van der Waals surface area contributed by atoms with E-state index in [1.54, 1.807) is 6.20 Å². The van der Waals surface area contributed by atoms with Crippen LogP contribution < -0.4 is 15.5 Å². The SMILES string of the molecule is CN(C)c1ncc(CNC(=O)N2CCC3(CC2)CNC(=O)C3)n1C. The van der Waals surface area contributed by atoms with Crippen LogP contribution in [0.3, 0.4) is 0 Å². The lowest BCUT2D eigenvalue weighted by molar-refractivity contribution is -0.119. The minimum absolute atomic E-state index is 0.0465. The molecule has 132 valence electrons. The van der Waals surface area contributed by atoms with Gasteiger partial charge >= 0.3 is 6.03 Å². The number of imidazole rings is 1. The van der Waals surface area contributed by atoms with E-state index in [0.717, 1.165) is 31.0 Å². The number of piperidine rings is 1. The van der Waals surface area contributed by atoms with Gasteiger partial charge in [0.1, 0.15) is 0 Å². The fourth-order valence-corrected chi connectivity index (χ4v) is 3.58. The second kappa shape index (κ2) is 6.33. The number of nitrogens with one attached hydrogen (secondary N) is 2. The lowest BCUT2D eigenvalue weighted by Gasteiger charge is -2.38. The lowest BCUT2D eigenvalue weighted by atomic mass is 9.78. The largest absolute Gasteiger partial charge is 0.356 e. The number of aromatic nitrogens is 2. The molecule has 1 aromatic rings. The summed E-state index contributed by atoms with van der Waals surface area (Å²) in [6.45, 7) is 2.62. The third-order valence-corrected chi connectivity index (χ3v) is 5.19. The first-order valence-corrected chi connectivity index (χ1v) is 8.38. The van der Waals surface area contributed by atoms with Gasteiger partial charge in [0.25, 0.3) is 0 Å². The highest BCUT2D eigenvalue weighted by Gasteiger charge is 2.41. The Kier molecular flexibility index (Phi) is 4.38. The molecule has 3 amide bonds. The average molecular weight is 334 g/mol. The number of rotatable bonds is 3. The Hall–Kier alpha value is -2.25. The predicted octanol–water partition coefficient (Wildman–Crippen LogP) is 0.298. The van der Waals surface area contributed by atoms with Gasteiger partial charge < -0.3 is 25.0 Å². The van der Waals surface area contributed by atoms with Gasteiger partial charge in [-0.05, 0) is 18.3 Å². The highest BCUT2D eigenvalue weighted by atomic mass is 16.2. The van der Waals surface area contributed by atoms with Crippen LogP contribution in [0.5, 0.6) is 0 Å². The number of anilines is 1. The topological polar surface area (TPSA) is 82.5 Å². The number of hydrogen-bond acceptors (Lipinski definition) is 4. The van der Waals surface area contributed by atoms with E-state index >= 15 is 0 Å². The summed E-state index contributed by atoms with van der Waals surface area (Å²) in [6.07, 6.45) is 4.16. The Morgan fingerprint density at radius 2 is 2.12 bits per heavy atom. The second-order valence-corrected chi connectivity index (χ2v) is 7.10. The first-order chi connectivity index (χ1) is 11.4. The van der Waals surface area contributed by atoms with E-state index < -0.39 is 0 Å². The normalized spacial score (nSPS) is 19.5. The first-order valence-electron chi connectivity index (χ1n) is 8.38. The molecule has 24 heavy (non-hydrogen) atoms. The molecular weight excluding hydrogens is 308 g/mol. The molecule has 3 heterocycles. The Balaban J connectivity index is 1.51. The highest BCUT2D eigenvalue weighted by molar-refractivity contribution is 5.79. The quantitative estimate of drug-likeness (QED) is 0.833. The fraction of sp³-hybridized carbons (Fsp3) is 0.688. The lowest BCUT2D eigenvalue weighted by Crippen LogP contribution is -2.47. The van der Waals surface area contributed by atoms with Crippen LogP contribution in [0.4, 0.5) is 10.7 Å². The van der Waals surface area contributed by atoms with Gasteiger partial charge in [0, 0.05) is 47.2 Å². The number of nitrogens with zero attached hydrogens (tertiary/aromatic N) is 4. The van der Waals surface area contributed by atoms with Gasteiger partial charge in [-0.15, -0.1) is 0 Å². The van der Waals surface area contributed by atoms with Gasteiger partial charge in [0.05, 0.1) is 18.4 Å². The molecule has 0 saturated carbocycles. The molecule has 8 nitrogen and oxygen atoms in total. The Labute approximate surface area is 142 Å². The van der Waals surface area contributed by atoms with Crippen molar-refractivity contribution in [3.05, 3.63) is 11.9 Å². The zero-order valence-corrected chi connectivity index (χ0v) is 14.6. The average Bonchev–Trinajstić information content (AvgIpc) is 3.09. The summed E-state index contributed by atoms with van der Waals surface area (Å²) in [4.78, 5) is 32.0. The monoisotopic (exact) mass is 334 g/mol. The fourth-order valence-electron chi connectivity index (χ4n) is 3.58. The van der Waals surface area contributed by atoms with Gasteiger partial charge in [-0.2, -0.15) is 0 Å². The standard InChI is InChI=1S/C16H26N6O2/c1-20(2)14-17-9-12(21(14)3)10-18-15(24)22-6-4-16(5-7-22)8-13(23)19-11-16/h9H,4-8,10-11H2,1-3H3,(H,18,24)(H,19,23). The molecule has 1 aromatic heterocycles. The Morgan fingerprint density at radius 1 is 1.42 bits per heavy atom. The number of carbonyl (C=O) groups is 2. The molecule has 8 heteroatoms. The maximum Gasteiger partial charge on any atom is 0.317 e. The van der Waals surface area contributed by atoms with Crippen molar-refractivity contribution in [3.63, 3.8) is 0 Å². The van der Waals surface area contributed by atoms with Gasteiger partial charge in [-0.1, -0.05) is 0 Å². The molecule has 0 atom stereocenters. The molecule has 2 saturated heterocycles. The van der Waals surface area contributed by atoms with Crippen LogP contribution in [-0.2, 0) is 18.4 Å². The summed E-state index contributed by atoms with van der Waals surface area (Å²) in [6, 6.07) is -0.0465. The molecule has 0 bridgehead atoms. The molecule has 0 aromatic carbocycles. The van der Waals surface area contributed by atoms with Crippen molar-refractivity contribution in [2.45, 2.75) is 25.8 Å². The van der Waals surface area contributed by atoms with Crippen LogP contribution in [0.15, 0.2) is 6.20 Å². The van der Waals surface area contributed by atoms with Crippen molar-refractivity contribution >= 4 is 17.9 Å². The van der Waals surface area contributed by atoms with Crippen LogP contribution in [-0.4, -0.2) is 60.1 Å². The van der Waals surface area contributed by atoms with E-state index in [1.807, 2.05) is 35.5 Å². The molecule has 0 radical (unpaired) electrons. The van der Waals surface area contributed by atoms with Crippen LogP contribution in [0.2, 0.25) is 0 Å². The smallest absolute Gasteiger partial charge is 0.317 e. The zero-order chi connectivity index (χ0) is 17.3. The van der Waals surface area contributed by atoms with Gasteiger partial charge in [0.2, 0.25) is 11.9 Å². The van der Waals surface area contributed by atoms with E-state index in [0.29, 0.717) is 26.1 Å². The molecule has 2 fully saturated rings. The third kappa shape index (κ3) is 3.18. The van der Waals surface area contributed by atoms with Crippen LogP contribution >= 0.6 is 0 Å². The second-order valence-electron chi connectivity index (χ2n) is 7.10. The van der Waals surface area contributed by atoms with Crippen LogP contribution in [0.1, 0.15) is 25.0 Å². The molecule has 0 unspecified atom stereocenters. The van der Waals surface area contributed by atoms with Crippen molar-refractivity contribution < 1.29 is 9.59 Å². The minimum Gasteiger partial charge on any atom is -0.356 e. The van der Waals surface area contributed by atoms with Crippen molar-refractivity contribution in [3.8, 4) is 0 Å². The van der Waals surface area contributed by atoms with Gasteiger partial charge in [-0.25, -0.2) is 9.78 Å². The van der Waals surface area contributed by atoms with Gasteiger partial charge in [-0.3, -0.25) is 4.79 Å². The van der Waals surface area contributed by atoms with E-state index in [1.165, 1.54) is 0 Å².